The van der Waals surface area contributed by atoms with Gasteiger partial charge in [-0.1, -0.05) is 0 Å². The van der Waals surface area contributed by atoms with Gasteiger partial charge in [0.2, 0.25) is 0 Å². The summed E-state index contributed by atoms with van der Waals surface area (Å²) >= 11 is 1.08. The van der Waals surface area contributed by atoms with E-state index in [1.165, 1.54) is 11.9 Å². The molecule has 7 heteroatoms. The molecular formula is C10H10N2O4S. The quantitative estimate of drug-likeness (QED) is 0.811. The number of likely N-dealkylation sites (N-methyl/N-ethyl adjacent to an activating group) is 1. The highest BCUT2D eigenvalue weighted by Gasteiger charge is 2.34. The maximum Gasteiger partial charge on any atom is 0.346 e. The lowest BCUT2D eigenvalue weighted by molar-refractivity contribution is -0.125. The van der Waals surface area contributed by atoms with E-state index in [-0.39, 0.29) is 23.9 Å². The van der Waals surface area contributed by atoms with E-state index >= 15 is 0 Å². The predicted molar refractivity (Wildman–Crippen MR) is 59.9 cm³/mol. The van der Waals surface area contributed by atoms with Gasteiger partial charge in [0.25, 0.3) is 5.91 Å². The number of rotatable bonds is 3. The Morgan fingerprint density at radius 3 is 2.76 bits per heavy atom. The van der Waals surface area contributed by atoms with Crippen molar-refractivity contribution in [2.75, 3.05) is 13.6 Å². The van der Waals surface area contributed by atoms with E-state index in [0.29, 0.717) is 5.56 Å². The molecule has 0 radical (unpaired) electrons. The molecule has 1 aliphatic heterocycles. The van der Waals surface area contributed by atoms with Gasteiger partial charge in [0.05, 0.1) is 6.54 Å². The lowest BCUT2D eigenvalue weighted by Crippen LogP contribution is -2.31. The van der Waals surface area contributed by atoms with Crippen LogP contribution < -0.4 is 0 Å². The van der Waals surface area contributed by atoms with E-state index in [0.717, 1.165) is 16.2 Å². The molecule has 0 spiro atoms. The van der Waals surface area contributed by atoms with Crippen LogP contribution in [0.4, 0.5) is 4.79 Å². The third kappa shape index (κ3) is 2.01. The van der Waals surface area contributed by atoms with E-state index < -0.39 is 12.0 Å². The molecule has 0 unspecified atom stereocenters. The van der Waals surface area contributed by atoms with Crippen LogP contribution in [-0.4, -0.2) is 46.4 Å². The van der Waals surface area contributed by atoms with E-state index in [1.807, 2.05) is 0 Å². The maximum absolute atomic E-state index is 11.6. The monoisotopic (exact) mass is 254 g/mol. The summed E-state index contributed by atoms with van der Waals surface area (Å²) in [7, 11) is 1.53. The van der Waals surface area contributed by atoms with Crippen molar-refractivity contribution in [3.8, 4) is 0 Å². The number of carboxylic acid groups (broad SMARTS) is 1. The number of carbonyl (C=O) groups excluding carboxylic acids is 2. The van der Waals surface area contributed by atoms with Gasteiger partial charge in [-0.15, -0.1) is 11.3 Å². The lowest BCUT2D eigenvalue weighted by Gasteiger charge is -2.13. The molecule has 1 aromatic rings. The Morgan fingerprint density at radius 1 is 1.53 bits per heavy atom. The molecule has 0 saturated carbocycles. The molecule has 1 aliphatic rings. The molecule has 3 amide bonds. The van der Waals surface area contributed by atoms with Crippen molar-refractivity contribution in [2.24, 2.45) is 0 Å². The van der Waals surface area contributed by atoms with Crippen LogP contribution in [0.1, 0.15) is 15.2 Å². The minimum Gasteiger partial charge on any atom is -0.477 e. The topological polar surface area (TPSA) is 77.9 Å². The first-order valence-electron chi connectivity index (χ1n) is 4.86. The fraction of sp³-hybridized carbons (Fsp3) is 0.300. The summed E-state index contributed by atoms with van der Waals surface area (Å²) in [5.74, 6) is -1.34. The third-order valence-electron chi connectivity index (χ3n) is 2.50. The summed E-state index contributed by atoms with van der Waals surface area (Å²) in [4.78, 5) is 36.6. The Labute approximate surface area is 101 Å². The van der Waals surface area contributed by atoms with Gasteiger partial charge >= 0.3 is 12.0 Å². The Bertz CT molecular complexity index is 496. The first-order valence-corrected chi connectivity index (χ1v) is 5.74. The first kappa shape index (κ1) is 11.6. The molecule has 1 aromatic heterocycles. The van der Waals surface area contributed by atoms with Gasteiger partial charge in [-0.3, -0.25) is 9.69 Å². The molecule has 90 valence electrons. The van der Waals surface area contributed by atoms with Crippen molar-refractivity contribution in [1.82, 2.24) is 9.80 Å². The van der Waals surface area contributed by atoms with Gasteiger partial charge in [0.1, 0.15) is 11.4 Å². The van der Waals surface area contributed by atoms with Gasteiger partial charge in [-0.25, -0.2) is 9.59 Å². The largest absolute Gasteiger partial charge is 0.477 e. The summed E-state index contributed by atoms with van der Waals surface area (Å²) < 4.78 is 0. The molecule has 1 saturated heterocycles. The van der Waals surface area contributed by atoms with Crippen LogP contribution in [-0.2, 0) is 11.3 Å². The van der Waals surface area contributed by atoms with Crippen LogP contribution in [0.3, 0.4) is 0 Å². The van der Waals surface area contributed by atoms with Gasteiger partial charge in [0.15, 0.2) is 0 Å². The van der Waals surface area contributed by atoms with Crippen molar-refractivity contribution in [3.63, 3.8) is 0 Å². The number of aromatic carboxylic acids is 1. The molecule has 1 fully saturated rings. The Kier molecular flexibility index (Phi) is 2.84. The lowest BCUT2D eigenvalue weighted by atomic mass is 10.2. The molecule has 2 heterocycles. The SMILES string of the molecule is CN1CC(=O)N(Cc2ccsc2C(=O)O)C1=O. The highest BCUT2D eigenvalue weighted by atomic mass is 32.1. The normalized spacial score (nSPS) is 15.8. The van der Waals surface area contributed by atoms with E-state index in [9.17, 15) is 14.4 Å². The third-order valence-corrected chi connectivity index (χ3v) is 3.45. The van der Waals surface area contributed by atoms with Crippen LogP contribution in [0, 0.1) is 0 Å². The Balaban J connectivity index is 2.21. The zero-order valence-electron chi connectivity index (χ0n) is 9.04. The molecular weight excluding hydrogens is 244 g/mol. The van der Waals surface area contributed by atoms with Crippen molar-refractivity contribution in [2.45, 2.75) is 6.54 Å². The van der Waals surface area contributed by atoms with Crippen LogP contribution in [0.15, 0.2) is 11.4 Å². The number of imide groups is 1. The van der Waals surface area contributed by atoms with Gasteiger partial charge in [0, 0.05) is 7.05 Å². The van der Waals surface area contributed by atoms with Gasteiger partial charge < -0.3 is 10.0 Å². The van der Waals surface area contributed by atoms with Crippen LogP contribution >= 0.6 is 11.3 Å². The summed E-state index contributed by atoms with van der Waals surface area (Å²) in [5, 5.41) is 10.6. The number of amides is 3. The number of carboxylic acids is 1. The molecule has 0 bridgehead atoms. The average Bonchev–Trinajstić information content (AvgIpc) is 2.80. The zero-order chi connectivity index (χ0) is 12.6. The number of carbonyl (C=O) groups is 3. The van der Waals surface area contributed by atoms with Gasteiger partial charge in [-0.2, -0.15) is 0 Å². The summed E-state index contributed by atoms with van der Waals surface area (Å²) in [5.41, 5.74) is 0.486. The fourth-order valence-electron chi connectivity index (χ4n) is 1.64. The fourth-order valence-corrected chi connectivity index (χ4v) is 2.40. The number of thiophene rings is 1. The predicted octanol–water partition coefficient (Wildman–Crippen LogP) is 0.840. The summed E-state index contributed by atoms with van der Waals surface area (Å²) in [6.07, 6.45) is 0. The number of nitrogens with zero attached hydrogens (tertiary/aromatic N) is 2. The van der Waals surface area contributed by atoms with E-state index in [1.54, 1.807) is 11.4 Å². The molecule has 0 aliphatic carbocycles. The minimum atomic E-state index is -1.04. The highest BCUT2D eigenvalue weighted by molar-refractivity contribution is 7.12. The van der Waals surface area contributed by atoms with E-state index in [2.05, 4.69) is 0 Å². The minimum absolute atomic E-state index is 0.0210. The second-order valence-electron chi connectivity index (χ2n) is 3.70. The molecule has 1 N–H and O–H groups in total. The highest BCUT2D eigenvalue weighted by Crippen LogP contribution is 2.21. The van der Waals surface area contributed by atoms with Crippen LogP contribution in [0.25, 0.3) is 0 Å². The molecule has 0 aromatic carbocycles. The van der Waals surface area contributed by atoms with Crippen LogP contribution in [0.5, 0.6) is 0 Å². The van der Waals surface area contributed by atoms with Crippen molar-refractivity contribution >= 4 is 29.2 Å². The standard InChI is InChI=1S/C10H10N2O4S/c1-11-5-7(13)12(10(11)16)4-6-2-3-17-8(6)9(14)15/h2-3H,4-5H2,1H3,(H,14,15). The molecule has 0 atom stereocenters. The average molecular weight is 254 g/mol. The summed E-state index contributed by atoms with van der Waals surface area (Å²) in [6.45, 7) is 0.0680. The van der Waals surface area contributed by atoms with Crippen molar-refractivity contribution in [3.05, 3.63) is 21.9 Å². The van der Waals surface area contributed by atoms with Crippen molar-refractivity contribution < 1.29 is 19.5 Å². The molecule has 2 rings (SSSR count). The number of hydrogen-bond acceptors (Lipinski definition) is 4. The first-order chi connectivity index (χ1) is 8.00. The van der Waals surface area contributed by atoms with Gasteiger partial charge in [-0.05, 0) is 17.0 Å². The van der Waals surface area contributed by atoms with Crippen LogP contribution in [0.2, 0.25) is 0 Å². The second-order valence-corrected chi connectivity index (χ2v) is 4.61. The second kappa shape index (κ2) is 4.17. The molecule has 6 nitrogen and oxygen atoms in total. The Morgan fingerprint density at radius 2 is 2.24 bits per heavy atom. The molecule has 17 heavy (non-hydrogen) atoms. The van der Waals surface area contributed by atoms with Crippen molar-refractivity contribution in [1.29, 1.82) is 0 Å². The maximum atomic E-state index is 11.6. The van der Waals surface area contributed by atoms with E-state index in [4.69, 9.17) is 5.11 Å². The smallest absolute Gasteiger partial charge is 0.346 e. The zero-order valence-corrected chi connectivity index (χ0v) is 9.86. The number of hydrogen-bond donors (Lipinski definition) is 1. The summed E-state index contributed by atoms with van der Waals surface area (Å²) in [6, 6.07) is 1.23. The number of urea groups is 1. The Hall–Kier alpha value is -1.89.